The van der Waals surface area contributed by atoms with E-state index in [1.54, 1.807) is 47.3 Å². The molecule has 0 unspecified atom stereocenters. The van der Waals surface area contributed by atoms with Crippen LogP contribution in [0.2, 0.25) is 0 Å². The second-order valence-corrected chi connectivity index (χ2v) is 7.94. The van der Waals surface area contributed by atoms with Gasteiger partial charge in [-0.1, -0.05) is 6.07 Å². The fourth-order valence-electron chi connectivity index (χ4n) is 4.08. The minimum atomic E-state index is -4.49. The maximum atomic E-state index is 13.0. The van der Waals surface area contributed by atoms with Crippen molar-refractivity contribution in [3.8, 4) is 0 Å². The number of fused-ring (bicyclic) bond motifs is 2. The molecule has 5 rings (SSSR count). The van der Waals surface area contributed by atoms with Crippen molar-refractivity contribution in [1.82, 2.24) is 29.3 Å². The molecule has 11 heteroatoms. The van der Waals surface area contributed by atoms with Crippen LogP contribution in [-0.2, 0) is 6.18 Å². The maximum Gasteiger partial charge on any atom is 0.434 e. The van der Waals surface area contributed by atoms with E-state index in [1.165, 1.54) is 4.40 Å². The number of imidazole rings is 1. The second-order valence-electron chi connectivity index (χ2n) is 7.94. The fourth-order valence-corrected chi connectivity index (χ4v) is 4.08. The highest BCUT2D eigenvalue weighted by Crippen LogP contribution is 2.30. The van der Waals surface area contributed by atoms with Gasteiger partial charge >= 0.3 is 6.18 Å². The number of nitrogens with zero attached hydrogens (tertiary/aromatic N) is 5. The zero-order valence-corrected chi connectivity index (χ0v) is 16.9. The van der Waals surface area contributed by atoms with Gasteiger partial charge in [0.25, 0.3) is 5.91 Å². The van der Waals surface area contributed by atoms with E-state index in [2.05, 4.69) is 25.8 Å². The number of hydrogen-bond donors (Lipinski definition) is 2. The SMILES string of the molecule is O=C(NC1CCC(Nc2cccc3nc(C(F)(F)F)cn23)CC1)c1ccn2cnnc2c1. The van der Waals surface area contributed by atoms with Crippen molar-refractivity contribution in [2.45, 2.75) is 43.9 Å². The summed E-state index contributed by atoms with van der Waals surface area (Å²) >= 11 is 0. The molecule has 0 aromatic carbocycles. The molecule has 0 bridgehead atoms. The minimum absolute atomic E-state index is 0.0375. The van der Waals surface area contributed by atoms with Crippen molar-refractivity contribution in [2.75, 3.05) is 5.32 Å². The third kappa shape index (κ3) is 3.97. The predicted molar refractivity (Wildman–Crippen MR) is 110 cm³/mol. The monoisotopic (exact) mass is 443 g/mol. The van der Waals surface area contributed by atoms with Gasteiger partial charge in [-0.05, 0) is 49.9 Å². The molecule has 166 valence electrons. The molecule has 0 radical (unpaired) electrons. The maximum absolute atomic E-state index is 13.0. The molecular formula is C21H20F3N7O. The Morgan fingerprint density at radius 3 is 2.62 bits per heavy atom. The molecule has 0 spiro atoms. The number of anilines is 1. The number of rotatable bonds is 4. The highest BCUT2D eigenvalue weighted by atomic mass is 19.4. The quantitative estimate of drug-likeness (QED) is 0.504. The Labute approximate surface area is 180 Å². The van der Waals surface area contributed by atoms with E-state index in [-0.39, 0.29) is 23.6 Å². The lowest BCUT2D eigenvalue weighted by atomic mass is 9.91. The smallest absolute Gasteiger partial charge is 0.368 e. The normalized spacial score (nSPS) is 19.3. The summed E-state index contributed by atoms with van der Waals surface area (Å²) in [6.07, 6.45) is 2.94. The van der Waals surface area contributed by atoms with Gasteiger partial charge in [0.05, 0.1) is 0 Å². The summed E-state index contributed by atoms with van der Waals surface area (Å²) < 4.78 is 42.2. The van der Waals surface area contributed by atoms with E-state index in [9.17, 15) is 18.0 Å². The van der Waals surface area contributed by atoms with E-state index >= 15 is 0 Å². The van der Waals surface area contributed by atoms with E-state index < -0.39 is 11.9 Å². The summed E-state index contributed by atoms with van der Waals surface area (Å²) in [5.41, 5.74) is 0.460. The molecule has 4 aromatic heterocycles. The van der Waals surface area contributed by atoms with Gasteiger partial charge in [-0.3, -0.25) is 13.6 Å². The Morgan fingerprint density at radius 1 is 1.06 bits per heavy atom. The van der Waals surface area contributed by atoms with Gasteiger partial charge < -0.3 is 10.6 Å². The molecule has 2 N–H and O–H groups in total. The van der Waals surface area contributed by atoms with Gasteiger partial charge in [-0.2, -0.15) is 13.2 Å². The Hall–Kier alpha value is -3.63. The average molecular weight is 443 g/mol. The summed E-state index contributed by atoms with van der Waals surface area (Å²) in [4.78, 5) is 16.3. The molecule has 1 aliphatic carbocycles. The molecule has 1 fully saturated rings. The van der Waals surface area contributed by atoms with Crippen LogP contribution in [0.1, 0.15) is 41.7 Å². The molecular weight excluding hydrogens is 423 g/mol. The van der Waals surface area contributed by atoms with Crippen molar-refractivity contribution in [1.29, 1.82) is 0 Å². The van der Waals surface area contributed by atoms with Crippen LogP contribution in [0.15, 0.2) is 49.1 Å². The van der Waals surface area contributed by atoms with Gasteiger partial charge in [-0.15, -0.1) is 10.2 Å². The van der Waals surface area contributed by atoms with Crippen LogP contribution in [0.3, 0.4) is 0 Å². The molecule has 8 nitrogen and oxygen atoms in total. The van der Waals surface area contributed by atoms with Crippen LogP contribution in [0.4, 0.5) is 19.0 Å². The number of amides is 1. The number of alkyl halides is 3. The van der Waals surface area contributed by atoms with Crippen molar-refractivity contribution in [2.24, 2.45) is 0 Å². The van der Waals surface area contributed by atoms with E-state index in [4.69, 9.17) is 0 Å². The Balaban J connectivity index is 1.20. The lowest BCUT2D eigenvalue weighted by molar-refractivity contribution is -0.140. The van der Waals surface area contributed by atoms with Gasteiger partial charge in [-0.25, -0.2) is 4.98 Å². The van der Waals surface area contributed by atoms with Crippen molar-refractivity contribution < 1.29 is 18.0 Å². The Bertz CT molecular complexity index is 1270. The van der Waals surface area contributed by atoms with E-state index in [1.807, 2.05) is 0 Å². The first kappa shape index (κ1) is 20.3. The number of carbonyl (C=O) groups excluding carboxylic acids is 1. The first-order chi connectivity index (χ1) is 15.4. The summed E-state index contributed by atoms with van der Waals surface area (Å²) in [5.74, 6) is 0.411. The number of carbonyl (C=O) groups is 1. The van der Waals surface area contributed by atoms with Crippen LogP contribution in [0.25, 0.3) is 11.3 Å². The predicted octanol–water partition coefficient (Wildman–Crippen LogP) is 3.55. The fraction of sp³-hybridized carbons (Fsp3) is 0.333. The van der Waals surface area contributed by atoms with Crippen LogP contribution < -0.4 is 10.6 Å². The van der Waals surface area contributed by atoms with E-state index in [0.29, 0.717) is 17.0 Å². The molecule has 0 saturated heterocycles. The zero-order chi connectivity index (χ0) is 22.3. The Morgan fingerprint density at radius 2 is 1.84 bits per heavy atom. The Kier molecular flexibility index (Phi) is 4.95. The number of nitrogens with one attached hydrogen (secondary N) is 2. The number of halogens is 3. The molecule has 32 heavy (non-hydrogen) atoms. The second kappa shape index (κ2) is 7.81. The van der Waals surface area contributed by atoms with Crippen molar-refractivity contribution >= 4 is 23.0 Å². The topological polar surface area (TPSA) is 88.6 Å². The standard InChI is InChI=1S/C21H20F3N7O/c22-21(23,24)16-11-31-17(2-1-3-18(31)28-16)26-14-4-6-15(7-5-14)27-20(32)13-8-9-30-12-25-29-19(30)10-13/h1-3,8-12,14-15,26H,4-7H2,(H,27,32). The van der Waals surface area contributed by atoms with Gasteiger partial charge in [0, 0.05) is 30.0 Å². The highest BCUT2D eigenvalue weighted by molar-refractivity contribution is 5.95. The van der Waals surface area contributed by atoms with Crippen LogP contribution in [0.5, 0.6) is 0 Å². The number of pyridine rings is 2. The summed E-state index contributed by atoms with van der Waals surface area (Å²) in [7, 11) is 0. The molecule has 1 aliphatic rings. The lowest BCUT2D eigenvalue weighted by Gasteiger charge is -2.30. The van der Waals surface area contributed by atoms with Crippen LogP contribution in [0, 0.1) is 0 Å². The molecule has 0 aliphatic heterocycles. The first-order valence-electron chi connectivity index (χ1n) is 10.3. The summed E-state index contributed by atoms with van der Waals surface area (Å²) in [6, 6.07) is 8.51. The largest absolute Gasteiger partial charge is 0.434 e. The van der Waals surface area contributed by atoms with Crippen molar-refractivity contribution in [3.63, 3.8) is 0 Å². The van der Waals surface area contributed by atoms with Gasteiger partial charge in [0.1, 0.15) is 17.8 Å². The zero-order valence-electron chi connectivity index (χ0n) is 16.9. The number of hydrogen-bond acceptors (Lipinski definition) is 5. The molecule has 0 atom stereocenters. The average Bonchev–Trinajstić information content (AvgIpc) is 3.42. The van der Waals surface area contributed by atoms with E-state index in [0.717, 1.165) is 31.9 Å². The molecule has 4 heterocycles. The van der Waals surface area contributed by atoms with Crippen LogP contribution in [-0.4, -0.2) is 42.0 Å². The molecule has 4 aromatic rings. The first-order valence-corrected chi connectivity index (χ1v) is 10.3. The lowest BCUT2D eigenvalue weighted by Crippen LogP contribution is -2.40. The highest BCUT2D eigenvalue weighted by Gasteiger charge is 2.34. The minimum Gasteiger partial charge on any atom is -0.368 e. The summed E-state index contributed by atoms with van der Waals surface area (Å²) in [5, 5.41) is 14.2. The van der Waals surface area contributed by atoms with Crippen molar-refractivity contribution in [3.05, 3.63) is 60.3 Å². The van der Waals surface area contributed by atoms with Gasteiger partial charge in [0.15, 0.2) is 11.3 Å². The number of aromatic nitrogens is 5. The third-order valence-electron chi connectivity index (χ3n) is 5.76. The van der Waals surface area contributed by atoms with Gasteiger partial charge in [0.2, 0.25) is 0 Å². The molecule has 1 amide bonds. The van der Waals surface area contributed by atoms with Crippen LogP contribution >= 0.6 is 0 Å². The third-order valence-corrected chi connectivity index (χ3v) is 5.76. The summed E-state index contributed by atoms with van der Waals surface area (Å²) in [6.45, 7) is 0. The molecule has 1 saturated carbocycles.